The zero-order valence-corrected chi connectivity index (χ0v) is 11.4. The molecule has 108 valence electrons. The number of carbonyl (C=O) groups is 2. The van der Waals surface area contributed by atoms with Crippen molar-refractivity contribution in [2.24, 2.45) is 11.3 Å². The zero-order chi connectivity index (χ0) is 13.9. The third-order valence-corrected chi connectivity index (χ3v) is 4.30. The average molecular weight is 270 g/mol. The molecule has 1 aliphatic heterocycles. The Balaban J connectivity index is 1.77. The van der Waals surface area contributed by atoms with E-state index in [1.54, 1.807) is 12.0 Å². The summed E-state index contributed by atoms with van der Waals surface area (Å²) in [5.74, 6) is -1.23. The summed E-state index contributed by atoms with van der Waals surface area (Å²) < 4.78 is 5.21. The Hall–Kier alpha value is -1.30. The Kier molecular flexibility index (Phi) is 4.29. The van der Waals surface area contributed by atoms with Crippen molar-refractivity contribution in [1.29, 1.82) is 0 Å². The molecule has 0 aromatic heterocycles. The van der Waals surface area contributed by atoms with Gasteiger partial charge in [-0.2, -0.15) is 0 Å². The summed E-state index contributed by atoms with van der Waals surface area (Å²) in [5, 5.41) is 11.8. The molecule has 2 aliphatic rings. The second kappa shape index (κ2) is 5.77. The van der Waals surface area contributed by atoms with Crippen molar-refractivity contribution >= 4 is 12.0 Å². The Morgan fingerprint density at radius 3 is 2.68 bits per heavy atom. The molecular weight excluding hydrogens is 248 g/mol. The summed E-state index contributed by atoms with van der Waals surface area (Å²) in [6.07, 6.45) is 3.90. The molecular formula is C13H22N2O4. The first-order valence-electron chi connectivity index (χ1n) is 6.81. The number of amides is 2. The molecule has 2 fully saturated rings. The Morgan fingerprint density at radius 2 is 2.21 bits per heavy atom. The number of rotatable bonds is 5. The maximum Gasteiger partial charge on any atom is 0.317 e. The smallest absolute Gasteiger partial charge is 0.317 e. The quantitative estimate of drug-likeness (QED) is 0.778. The second-order valence-electron chi connectivity index (χ2n) is 5.72. The molecule has 6 heteroatoms. The number of aliphatic carboxylic acids is 1. The van der Waals surface area contributed by atoms with Gasteiger partial charge in [-0.25, -0.2) is 4.79 Å². The Labute approximate surface area is 113 Å². The van der Waals surface area contributed by atoms with Crippen LogP contribution in [0.4, 0.5) is 4.79 Å². The van der Waals surface area contributed by atoms with Gasteiger partial charge in [-0.05, 0) is 19.3 Å². The Morgan fingerprint density at radius 1 is 1.47 bits per heavy atom. The first-order chi connectivity index (χ1) is 9.06. The molecule has 2 N–H and O–H groups in total. The maximum absolute atomic E-state index is 12.0. The minimum Gasteiger partial charge on any atom is -0.481 e. The normalized spacial score (nSPS) is 24.9. The molecule has 1 saturated heterocycles. The van der Waals surface area contributed by atoms with E-state index in [1.807, 2.05) is 0 Å². The molecule has 1 atom stereocenters. The third-order valence-electron chi connectivity index (χ3n) is 4.30. The summed E-state index contributed by atoms with van der Waals surface area (Å²) in [7, 11) is 1.68. The molecule has 0 radical (unpaired) electrons. The maximum atomic E-state index is 12.0. The molecule has 1 unspecified atom stereocenters. The fourth-order valence-corrected chi connectivity index (χ4v) is 2.88. The number of hydrogen-bond acceptors (Lipinski definition) is 3. The molecule has 2 amide bonds. The van der Waals surface area contributed by atoms with E-state index in [9.17, 15) is 9.59 Å². The van der Waals surface area contributed by atoms with Crippen molar-refractivity contribution in [3.63, 3.8) is 0 Å². The van der Waals surface area contributed by atoms with Crippen LogP contribution >= 0.6 is 0 Å². The highest BCUT2D eigenvalue weighted by Gasteiger charge is 2.38. The van der Waals surface area contributed by atoms with Crippen LogP contribution in [0, 0.1) is 11.3 Å². The molecule has 1 saturated carbocycles. The fourth-order valence-electron chi connectivity index (χ4n) is 2.88. The number of ether oxygens (including phenoxy) is 1. The number of likely N-dealkylation sites (tertiary alicyclic amines) is 1. The van der Waals surface area contributed by atoms with Gasteiger partial charge in [0.2, 0.25) is 0 Å². The van der Waals surface area contributed by atoms with Gasteiger partial charge >= 0.3 is 12.0 Å². The van der Waals surface area contributed by atoms with Crippen molar-refractivity contribution < 1.29 is 19.4 Å². The summed E-state index contributed by atoms with van der Waals surface area (Å²) in [6, 6.07) is -0.147. The first kappa shape index (κ1) is 14.1. The van der Waals surface area contributed by atoms with Gasteiger partial charge in [-0.15, -0.1) is 0 Å². The van der Waals surface area contributed by atoms with Crippen molar-refractivity contribution in [3.05, 3.63) is 0 Å². The van der Waals surface area contributed by atoms with Gasteiger partial charge in [0.05, 0.1) is 12.5 Å². The molecule has 1 heterocycles. The number of carboxylic acid groups (broad SMARTS) is 1. The molecule has 19 heavy (non-hydrogen) atoms. The van der Waals surface area contributed by atoms with Crippen LogP contribution in [-0.4, -0.2) is 55.4 Å². The number of nitrogens with zero attached hydrogens (tertiary/aromatic N) is 1. The fraction of sp³-hybridized carbons (Fsp3) is 0.846. The lowest BCUT2D eigenvalue weighted by atomic mass is 9.69. The minimum atomic E-state index is -0.815. The standard InChI is InChI=1S/C13H22N2O4/c1-19-9-13(4-2-5-13)8-14-12(18)15-6-3-10(7-15)11(16)17/h10H,2-9H2,1H3,(H,14,18)(H,16,17). The van der Waals surface area contributed by atoms with Crippen molar-refractivity contribution in [2.75, 3.05) is 33.4 Å². The highest BCUT2D eigenvalue weighted by Crippen LogP contribution is 2.40. The van der Waals surface area contributed by atoms with Gasteiger partial charge in [0.15, 0.2) is 0 Å². The number of carboxylic acids is 1. The lowest BCUT2D eigenvalue weighted by molar-refractivity contribution is -0.141. The van der Waals surface area contributed by atoms with E-state index in [2.05, 4.69) is 5.32 Å². The summed E-state index contributed by atoms with van der Waals surface area (Å²) >= 11 is 0. The van der Waals surface area contributed by atoms with Crippen LogP contribution in [0.15, 0.2) is 0 Å². The van der Waals surface area contributed by atoms with Crippen LogP contribution < -0.4 is 5.32 Å². The van der Waals surface area contributed by atoms with E-state index < -0.39 is 11.9 Å². The van der Waals surface area contributed by atoms with Crippen LogP contribution in [0.3, 0.4) is 0 Å². The van der Waals surface area contributed by atoms with Crippen LogP contribution in [0.2, 0.25) is 0 Å². The molecule has 2 rings (SSSR count). The van der Waals surface area contributed by atoms with Crippen LogP contribution in [0.5, 0.6) is 0 Å². The summed E-state index contributed by atoms with van der Waals surface area (Å²) in [4.78, 5) is 24.4. The monoisotopic (exact) mass is 270 g/mol. The predicted molar refractivity (Wildman–Crippen MR) is 68.9 cm³/mol. The van der Waals surface area contributed by atoms with Crippen molar-refractivity contribution in [1.82, 2.24) is 10.2 Å². The molecule has 0 bridgehead atoms. The SMILES string of the molecule is COCC1(CNC(=O)N2CCC(C(=O)O)C2)CCC1. The van der Waals surface area contributed by atoms with Gasteiger partial charge in [-0.3, -0.25) is 4.79 Å². The number of carbonyl (C=O) groups excluding carboxylic acids is 1. The molecule has 1 aliphatic carbocycles. The van der Waals surface area contributed by atoms with Gasteiger partial charge in [0.1, 0.15) is 0 Å². The van der Waals surface area contributed by atoms with Crippen molar-refractivity contribution in [3.8, 4) is 0 Å². The van der Waals surface area contributed by atoms with E-state index in [0.29, 0.717) is 32.7 Å². The topological polar surface area (TPSA) is 78.9 Å². The number of urea groups is 1. The summed E-state index contributed by atoms with van der Waals surface area (Å²) in [5.41, 5.74) is 0.0936. The van der Waals surface area contributed by atoms with Gasteiger partial charge in [0, 0.05) is 32.2 Å². The van der Waals surface area contributed by atoms with E-state index in [-0.39, 0.29) is 11.4 Å². The van der Waals surface area contributed by atoms with E-state index in [0.717, 1.165) is 12.8 Å². The lowest BCUT2D eigenvalue weighted by Gasteiger charge is -2.41. The molecule has 0 aromatic carbocycles. The molecule has 6 nitrogen and oxygen atoms in total. The second-order valence-corrected chi connectivity index (χ2v) is 5.72. The number of nitrogens with one attached hydrogen (secondary N) is 1. The predicted octanol–water partition coefficient (Wildman–Crippen LogP) is 0.919. The highest BCUT2D eigenvalue weighted by molar-refractivity contribution is 5.77. The van der Waals surface area contributed by atoms with E-state index in [1.165, 1.54) is 6.42 Å². The molecule has 0 aromatic rings. The van der Waals surface area contributed by atoms with Gasteiger partial charge < -0.3 is 20.1 Å². The Bertz CT molecular complexity index is 355. The van der Waals surface area contributed by atoms with E-state index in [4.69, 9.17) is 9.84 Å². The average Bonchev–Trinajstić information content (AvgIpc) is 2.81. The minimum absolute atomic E-state index is 0.0936. The number of methoxy groups -OCH3 is 1. The molecule has 0 spiro atoms. The first-order valence-corrected chi connectivity index (χ1v) is 6.81. The van der Waals surface area contributed by atoms with Gasteiger partial charge in [0.25, 0.3) is 0 Å². The number of hydrogen-bond donors (Lipinski definition) is 2. The van der Waals surface area contributed by atoms with Crippen LogP contribution in [0.1, 0.15) is 25.7 Å². The lowest BCUT2D eigenvalue weighted by Crippen LogP contribution is -2.48. The zero-order valence-electron chi connectivity index (χ0n) is 11.4. The van der Waals surface area contributed by atoms with Crippen molar-refractivity contribution in [2.45, 2.75) is 25.7 Å². The summed E-state index contributed by atoms with van der Waals surface area (Å²) in [6.45, 7) is 2.14. The largest absolute Gasteiger partial charge is 0.481 e. The third kappa shape index (κ3) is 3.18. The van der Waals surface area contributed by atoms with E-state index >= 15 is 0 Å². The van der Waals surface area contributed by atoms with Gasteiger partial charge in [-0.1, -0.05) is 6.42 Å². The van der Waals surface area contributed by atoms with Crippen LogP contribution in [0.25, 0.3) is 0 Å². The highest BCUT2D eigenvalue weighted by atomic mass is 16.5. The van der Waals surface area contributed by atoms with Crippen LogP contribution in [-0.2, 0) is 9.53 Å².